The van der Waals surface area contributed by atoms with E-state index in [0.717, 1.165) is 47.1 Å². The lowest BCUT2D eigenvalue weighted by molar-refractivity contribution is -0.124. The molecule has 2 amide bonds. The molecule has 0 bridgehead atoms. The van der Waals surface area contributed by atoms with Crippen LogP contribution < -0.4 is 0 Å². The fourth-order valence-corrected chi connectivity index (χ4v) is 11.0. The molecule has 4 heterocycles. The lowest BCUT2D eigenvalue weighted by Crippen LogP contribution is -2.35. The highest BCUT2D eigenvalue weighted by molar-refractivity contribution is 7.13. The Morgan fingerprint density at radius 2 is 0.750 bits per heavy atom. The highest BCUT2D eigenvalue weighted by Gasteiger charge is 2.51. The normalized spacial score (nSPS) is 16.0. The summed E-state index contributed by atoms with van der Waals surface area (Å²) in [7, 11) is 0. The van der Waals surface area contributed by atoms with Crippen molar-refractivity contribution in [1.29, 1.82) is 0 Å². The molecule has 0 spiro atoms. The molecule has 0 aliphatic carbocycles. The van der Waals surface area contributed by atoms with Crippen molar-refractivity contribution in [2.75, 3.05) is 13.1 Å². The number of nitrogens with zero attached hydrogens (tertiary/aromatic N) is 4. The minimum absolute atomic E-state index is 0.0252. The summed E-state index contributed by atoms with van der Waals surface area (Å²) in [4.78, 5) is 47.4. The van der Waals surface area contributed by atoms with Crippen LogP contribution in [0.3, 0.4) is 0 Å². The van der Waals surface area contributed by atoms with Crippen LogP contribution in [0.25, 0.3) is 11.4 Å². The Hall–Kier alpha value is -2.32. The summed E-state index contributed by atoms with van der Waals surface area (Å²) < 4.78 is 0. The molecule has 4 rings (SSSR count). The average Bonchev–Trinajstić information content (AvgIpc) is 4.00. The quantitative estimate of drug-likeness (QED) is 0.0734. The molecule has 0 saturated heterocycles. The van der Waals surface area contributed by atoms with E-state index in [-0.39, 0.29) is 22.6 Å². The first-order valence-corrected chi connectivity index (χ1v) is 26.5. The van der Waals surface area contributed by atoms with Gasteiger partial charge < -0.3 is 9.80 Å². The fraction of sp³-hybridized carbons (Fsp3) is 0.769. The Morgan fingerprint density at radius 3 is 1.03 bits per heavy atom. The van der Waals surface area contributed by atoms with Crippen LogP contribution in [0, 0.1) is 11.8 Å². The van der Waals surface area contributed by atoms with E-state index in [1.807, 2.05) is 22.2 Å². The molecular weight excluding hydrogens is 777 g/mol. The van der Waals surface area contributed by atoms with Crippen molar-refractivity contribution in [1.82, 2.24) is 19.8 Å². The minimum atomic E-state index is -0.0878. The smallest absolute Gasteiger partial charge is 0.261 e. The highest BCUT2D eigenvalue weighted by atomic mass is 32.1. The zero-order chi connectivity index (χ0) is 43.7. The third kappa shape index (κ3) is 14.4. The van der Waals surface area contributed by atoms with E-state index in [2.05, 4.69) is 69.2 Å². The maximum Gasteiger partial charge on any atom is 0.261 e. The number of amides is 2. The average molecular weight is 863 g/mol. The van der Waals surface area contributed by atoms with E-state index in [4.69, 9.17) is 9.97 Å². The number of thiazole rings is 2. The number of rotatable bonds is 30. The third-order valence-corrected chi connectivity index (χ3v) is 15.7. The summed E-state index contributed by atoms with van der Waals surface area (Å²) in [6.45, 7) is 23.7. The molecule has 0 N–H and O–H groups in total. The summed E-state index contributed by atoms with van der Waals surface area (Å²) in [6, 6.07) is 0. The van der Waals surface area contributed by atoms with Crippen molar-refractivity contribution >= 4 is 45.9 Å². The van der Waals surface area contributed by atoms with Crippen LogP contribution in [-0.4, -0.2) is 44.7 Å². The first-order chi connectivity index (χ1) is 28.8. The van der Waals surface area contributed by atoms with E-state index >= 15 is 9.59 Å². The van der Waals surface area contributed by atoms with Gasteiger partial charge in [0.2, 0.25) is 0 Å². The van der Waals surface area contributed by atoms with Gasteiger partial charge in [0, 0.05) is 35.2 Å². The van der Waals surface area contributed by atoms with Crippen molar-refractivity contribution in [2.24, 2.45) is 11.8 Å². The van der Waals surface area contributed by atoms with Gasteiger partial charge in [0.25, 0.3) is 11.8 Å². The van der Waals surface area contributed by atoms with Crippen molar-refractivity contribution < 1.29 is 9.59 Å². The number of fused-ring (bicyclic) bond motifs is 1. The predicted molar refractivity (Wildman–Crippen MR) is 259 cm³/mol. The number of carbonyl (C=O) groups excluding carboxylic acids is 2. The highest BCUT2D eigenvalue weighted by Crippen LogP contribution is 2.50. The van der Waals surface area contributed by atoms with Crippen LogP contribution in [0.15, 0.2) is 23.5 Å². The number of unbranched alkanes of at least 4 members (excludes halogenated alkanes) is 16. The van der Waals surface area contributed by atoms with E-state index in [0.29, 0.717) is 36.1 Å². The number of aromatic nitrogens is 2. The third-order valence-electron chi connectivity index (χ3n) is 12.8. The monoisotopic (exact) mass is 863 g/mol. The first-order valence-electron chi connectivity index (χ1n) is 24.8. The first kappa shape index (κ1) is 50.3. The molecule has 2 aromatic rings. The minimum Gasteiger partial charge on any atom is -0.304 e. The molecule has 2 atom stereocenters. The van der Waals surface area contributed by atoms with Crippen molar-refractivity contribution in [3.63, 3.8) is 0 Å². The number of hydrogen-bond acceptors (Lipinski definition) is 6. The van der Waals surface area contributed by atoms with Gasteiger partial charge in [0.1, 0.15) is 10.0 Å². The zero-order valence-corrected chi connectivity index (χ0v) is 41.7. The van der Waals surface area contributed by atoms with Crippen LogP contribution in [-0.2, 0) is 20.4 Å². The molecule has 2 unspecified atom stereocenters. The summed E-state index contributed by atoms with van der Waals surface area (Å²) in [5, 5.41) is 1.60. The molecule has 0 radical (unpaired) electrons. The predicted octanol–water partition coefficient (Wildman–Crippen LogP) is 15.7. The van der Waals surface area contributed by atoms with Gasteiger partial charge in [-0.05, 0) is 48.3 Å². The van der Waals surface area contributed by atoms with Crippen LogP contribution >= 0.6 is 22.7 Å². The lowest BCUT2D eigenvalue weighted by Gasteiger charge is -2.29. The van der Waals surface area contributed by atoms with E-state index in [9.17, 15) is 0 Å². The number of hydrogen-bond donors (Lipinski definition) is 0. The largest absolute Gasteiger partial charge is 0.304 e. The molecule has 338 valence electrons. The summed E-state index contributed by atoms with van der Waals surface area (Å²) in [5.41, 5.74) is 2.48. The molecule has 2 aliphatic rings. The van der Waals surface area contributed by atoms with Crippen LogP contribution in [0.2, 0.25) is 0 Å². The summed E-state index contributed by atoms with van der Waals surface area (Å²) in [5.74, 6) is 0.701. The second-order valence-corrected chi connectivity index (χ2v) is 22.4. The Balaban J connectivity index is 1.81. The van der Waals surface area contributed by atoms with E-state index in [1.165, 1.54) is 138 Å². The van der Waals surface area contributed by atoms with Gasteiger partial charge in [0.05, 0.1) is 22.5 Å². The van der Waals surface area contributed by atoms with Gasteiger partial charge in [-0.3, -0.25) is 9.59 Å². The maximum absolute atomic E-state index is 15.4. The molecule has 0 saturated carbocycles. The van der Waals surface area contributed by atoms with Gasteiger partial charge in [0.15, 0.2) is 0 Å². The van der Waals surface area contributed by atoms with Crippen LogP contribution in [0.4, 0.5) is 0 Å². The summed E-state index contributed by atoms with van der Waals surface area (Å²) >= 11 is 3.32. The van der Waals surface area contributed by atoms with Gasteiger partial charge in [-0.15, -0.1) is 22.7 Å². The zero-order valence-electron chi connectivity index (χ0n) is 40.1. The molecule has 8 heteroatoms. The SMILES string of the molecule is CCCCCCCCC(CCCCCC)CN1C(=O)C2=C(c3ncc(C(C)(C)C)s3)N(CC(CCCCCC)CCCCCCCC)C(=O)C2=C1c1ncc(C(C)(C)C)s1. The van der Waals surface area contributed by atoms with E-state index in [1.54, 1.807) is 22.7 Å². The van der Waals surface area contributed by atoms with Crippen molar-refractivity contribution in [3.05, 3.63) is 43.3 Å². The van der Waals surface area contributed by atoms with Gasteiger partial charge in [-0.25, -0.2) is 9.97 Å². The van der Waals surface area contributed by atoms with Crippen molar-refractivity contribution in [3.8, 4) is 0 Å². The molecule has 60 heavy (non-hydrogen) atoms. The van der Waals surface area contributed by atoms with Gasteiger partial charge >= 0.3 is 0 Å². The standard InChI is InChI=1S/C52H86N4O2S2/c1-11-15-19-23-25-29-33-39(31-27-21-17-13-3)37-55-45(47-53-35-41(59-47)51(5,6)7)43-44(49(55)57)46(48-54-36-42(60-48)52(8,9)10)56(50(43)58)38-40(32-28-22-18-14-4)34-30-26-24-20-16-12-2/h35-36,39-40H,11-34,37-38H2,1-10H3. The second kappa shape index (κ2) is 25.1. The Kier molecular flexibility index (Phi) is 21.0. The second-order valence-electron chi connectivity index (χ2n) is 20.4. The topological polar surface area (TPSA) is 66.4 Å². The molecule has 2 aromatic heterocycles. The van der Waals surface area contributed by atoms with Crippen LogP contribution in [0.5, 0.6) is 0 Å². The Morgan fingerprint density at radius 1 is 0.467 bits per heavy atom. The van der Waals surface area contributed by atoms with Crippen molar-refractivity contribution in [2.45, 2.75) is 234 Å². The lowest BCUT2D eigenvalue weighted by atomic mass is 9.93. The molecular formula is C52H86N4O2S2. The molecule has 2 aliphatic heterocycles. The molecule has 0 aromatic carbocycles. The van der Waals surface area contributed by atoms with Crippen LogP contribution in [0.1, 0.15) is 243 Å². The Bertz CT molecular complexity index is 1550. The fourth-order valence-electron chi connectivity index (χ4n) is 8.97. The maximum atomic E-state index is 15.4. The number of carbonyl (C=O) groups is 2. The Labute approximate surface area is 375 Å². The summed E-state index contributed by atoms with van der Waals surface area (Å²) in [6.07, 6.45) is 33.3. The van der Waals surface area contributed by atoms with Gasteiger partial charge in [-0.2, -0.15) is 0 Å². The van der Waals surface area contributed by atoms with E-state index < -0.39 is 0 Å². The molecule has 6 nitrogen and oxygen atoms in total. The molecule has 0 fully saturated rings. The van der Waals surface area contributed by atoms with Gasteiger partial charge in [-0.1, -0.05) is 198 Å².